The predicted molar refractivity (Wildman–Crippen MR) is 95.3 cm³/mol. The summed E-state index contributed by atoms with van der Waals surface area (Å²) in [6.45, 7) is 0.394. The summed E-state index contributed by atoms with van der Waals surface area (Å²) in [6, 6.07) is 6.90. The number of halogens is 2. The van der Waals surface area contributed by atoms with Crippen LogP contribution in [-0.4, -0.2) is 49.4 Å². The molecule has 142 valence electrons. The Hall–Kier alpha value is -3.62. The van der Waals surface area contributed by atoms with E-state index in [9.17, 15) is 18.7 Å². The number of nitrogens with zero attached hydrogens (tertiary/aromatic N) is 4. The zero-order valence-corrected chi connectivity index (χ0v) is 14.5. The third-order valence-corrected chi connectivity index (χ3v) is 4.71. The number of nitrogens with one attached hydrogen (secondary N) is 1. The number of hydrogen-bond donors (Lipinski definition) is 2. The first kappa shape index (κ1) is 17.8. The number of carbonyl (C=O) groups excluding carboxylic acids is 1. The van der Waals surface area contributed by atoms with E-state index >= 15 is 0 Å². The largest absolute Gasteiger partial charge is 0.516 e. The van der Waals surface area contributed by atoms with Crippen LogP contribution in [0.15, 0.2) is 54.6 Å². The number of rotatable bonds is 3. The van der Waals surface area contributed by atoms with E-state index in [2.05, 4.69) is 20.4 Å². The molecule has 3 heterocycles. The van der Waals surface area contributed by atoms with Crippen molar-refractivity contribution < 1.29 is 18.7 Å². The molecule has 1 aromatic carbocycles. The van der Waals surface area contributed by atoms with Crippen LogP contribution in [0.1, 0.15) is 22.0 Å². The van der Waals surface area contributed by atoms with Gasteiger partial charge in [-0.05, 0) is 35.4 Å². The Labute approximate surface area is 158 Å². The summed E-state index contributed by atoms with van der Waals surface area (Å²) in [6.07, 6.45) is 3.98. The number of hydrogen-bond acceptors (Lipinski definition) is 5. The molecular weight excluding hydrogens is 368 g/mol. The highest BCUT2D eigenvalue weighted by Crippen LogP contribution is 2.33. The molecule has 0 saturated carbocycles. The van der Waals surface area contributed by atoms with Crippen molar-refractivity contribution in [3.8, 4) is 11.3 Å². The van der Waals surface area contributed by atoms with Gasteiger partial charge >= 0.3 is 0 Å². The monoisotopic (exact) mass is 383 g/mol. The number of aromatic nitrogens is 4. The maximum Gasteiger partial charge on any atom is 0.272 e. The van der Waals surface area contributed by atoms with Gasteiger partial charge in [0, 0.05) is 24.6 Å². The van der Waals surface area contributed by atoms with E-state index in [4.69, 9.17) is 0 Å². The smallest absolute Gasteiger partial charge is 0.272 e. The Kier molecular flexibility index (Phi) is 4.56. The third-order valence-electron chi connectivity index (χ3n) is 4.71. The van der Waals surface area contributed by atoms with Gasteiger partial charge in [0.2, 0.25) is 0 Å². The maximum atomic E-state index is 13.6. The van der Waals surface area contributed by atoms with Crippen molar-refractivity contribution in [2.24, 2.45) is 0 Å². The molecule has 3 aromatic rings. The molecular formula is C19H15F2N5O2. The first-order valence-electron chi connectivity index (χ1n) is 8.46. The van der Waals surface area contributed by atoms with Crippen molar-refractivity contribution in [3.63, 3.8) is 0 Å². The molecule has 1 aliphatic heterocycles. The first-order chi connectivity index (χ1) is 13.6. The minimum absolute atomic E-state index is 0.171. The van der Waals surface area contributed by atoms with Gasteiger partial charge in [0.15, 0.2) is 11.6 Å². The Morgan fingerprint density at radius 1 is 1.21 bits per heavy atom. The molecule has 4 rings (SSSR count). The summed E-state index contributed by atoms with van der Waals surface area (Å²) in [5.74, 6) is -2.65. The molecule has 0 aliphatic carbocycles. The van der Waals surface area contributed by atoms with E-state index < -0.39 is 17.6 Å². The van der Waals surface area contributed by atoms with E-state index in [0.717, 1.165) is 18.4 Å². The normalized spacial score (nSPS) is 18.0. The Morgan fingerprint density at radius 3 is 2.79 bits per heavy atom. The zero-order chi connectivity index (χ0) is 19.7. The Bertz CT molecular complexity index is 1050. The number of H-pyrrole nitrogens is 1. The molecule has 2 aromatic heterocycles. The van der Waals surface area contributed by atoms with Crippen molar-refractivity contribution in [2.75, 3.05) is 13.1 Å². The van der Waals surface area contributed by atoms with Crippen LogP contribution in [0.5, 0.6) is 0 Å². The van der Waals surface area contributed by atoms with Crippen molar-refractivity contribution in [2.45, 2.75) is 5.92 Å². The number of benzene rings is 1. The van der Waals surface area contributed by atoms with Gasteiger partial charge in [-0.1, -0.05) is 6.07 Å². The van der Waals surface area contributed by atoms with Crippen LogP contribution in [0.4, 0.5) is 8.78 Å². The summed E-state index contributed by atoms with van der Waals surface area (Å²) < 4.78 is 26.8. The van der Waals surface area contributed by atoms with Gasteiger partial charge in [-0.25, -0.2) is 8.78 Å². The average molecular weight is 383 g/mol. The van der Waals surface area contributed by atoms with Gasteiger partial charge in [0.1, 0.15) is 5.69 Å². The van der Waals surface area contributed by atoms with E-state index in [0.29, 0.717) is 22.4 Å². The quantitative estimate of drug-likeness (QED) is 0.678. The molecule has 28 heavy (non-hydrogen) atoms. The third kappa shape index (κ3) is 3.22. The van der Waals surface area contributed by atoms with Crippen LogP contribution in [0.25, 0.3) is 11.3 Å². The molecule has 0 radical (unpaired) electrons. The summed E-state index contributed by atoms with van der Waals surface area (Å²) >= 11 is 0. The predicted octanol–water partition coefficient (Wildman–Crippen LogP) is 2.83. The van der Waals surface area contributed by atoms with Crippen molar-refractivity contribution in [3.05, 3.63) is 77.5 Å². The lowest BCUT2D eigenvalue weighted by Gasteiger charge is -2.15. The number of aliphatic hydroxyl groups excluding tert-OH is 1. The van der Waals surface area contributed by atoms with E-state index in [1.807, 2.05) is 0 Å². The number of aromatic amines is 1. The SMILES string of the molecule is O=C(c1cc(-c2ccnnc2)n[nH]1)N1C/C(=C\O)[C@H](c2ccc(F)c(F)c2)C1. The molecule has 1 atom stereocenters. The lowest BCUT2D eigenvalue weighted by molar-refractivity contribution is 0.0787. The zero-order valence-electron chi connectivity index (χ0n) is 14.5. The fourth-order valence-electron chi connectivity index (χ4n) is 3.26. The summed E-state index contributed by atoms with van der Waals surface area (Å²) in [7, 11) is 0. The Balaban J connectivity index is 1.56. The molecule has 2 N–H and O–H groups in total. The van der Waals surface area contributed by atoms with Crippen molar-refractivity contribution >= 4 is 5.91 Å². The second kappa shape index (κ2) is 7.18. The van der Waals surface area contributed by atoms with Crippen LogP contribution < -0.4 is 0 Å². The molecule has 0 spiro atoms. The minimum Gasteiger partial charge on any atom is -0.516 e. The van der Waals surface area contributed by atoms with Crippen molar-refractivity contribution in [1.82, 2.24) is 25.3 Å². The second-order valence-corrected chi connectivity index (χ2v) is 6.41. The molecule has 0 bridgehead atoms. The van der Waals surface area contributed by atoms with E-state index in [-0.39, 0.29) is 24.7 Å². The summed E-state index contributed by atoms with van der Waals surface area (Å²) in [5, 5.41) is 23.8. The molecule has 7 nitrogen and oxygen atoms in total. The highest BCUT2D eigenvalue weighted by molar-refractivity contribution is 5.94. The summed E-state index contributed by atoms with van der Waals surface area (Å²) in [5.41, 5.74) is 2.56. The number of aliphatic hydroxyl groups is 1. The summed E-state index contributed by atoms with van der Waals surface area (Å²) in [4.78, 5) is 14.3. The fourth-order valence-corrected chi connectivity index (χ4v) is 3.26. The molecule has 9 heteroatoms. The highest BCUT2D eigenvalue weighted by Gasteiger charge is 2.33. The number of amides is 1. The Morgan fingerprint density at radius 2 is 2.07 bits per heavy atom. The number of likely N-dealkylation sites (tertiary alicyclic amines) is 1. The van der Waals surface area contributed by atoms with Crippen LogP contribution in [0, 0.1) is 11.6 Å². The number of carbonyl (C=O) groups is 1. The van der Waals surface area contributed by atoms with Crippen molar-refractivity contribution in [1.29, 1.82) is 0 Å². The average Bonchev–Trinajstić information content (AvgIpc) is 3.38. The van der Waals surface area contributed by atoms with E-state index in [1.54, 1.807) is 12.1 Å². The second-order valence-electron chi connectivity index (χ2n) is 6.41. The molecule has 1 aliphatic rings. The fraction of sp³-hybridized carbons (Fsp3) is 0.158. The van der Waals surface area contributed by atoms with Crippen LogP contribution >= 0.6 is 0 Å². The first-order valence-corrected chi connectivity index (χ1v) is 8.46. The molecule has 1 saturated heterocycles. The standard InChI is InChI=1S/C19H15F2N5O2/c20-15-2-1-11(5-16(15)21)14-9-26(8-13(14)10-27)19(28)18-6-17(24-25-18)12-3-4-22-23-7-12/h1-7,10,14,27H,8-9H2,(H,24,25)/b13-10+/t14-/m0/s1. The lowest BCUT2D eigenvalue weighted by Crippen LogP contribution is -2.28. The highest BCUT2D eigenvalue weighted by atomic mass is 19.2. The molecule has 0 unspecified atom stereocenters. The van der Waals surface area contributed by atoms with Gasteiger partial charge in [0.25, 0.3) is 5.91 Å². The van der Waals surface area contributed by atoms with Gasteiger partial charge < -0.3 is 10.0 Å². The van der Waals surface area contributed by atoms with Crippen LogP contribution in [0.2, 0.25) is 0 Å². The molecule has 1 fully saturated rings. The van der Waals surface area contributed by atoms with Crippen LogP contribution in [0.3, 0.4) is 0 Å². The van der Waals surface area contributed by atoms with E-state index in [1.165, 1.54) is 23.4 Å². The van der Waals surface area contributed by atoms with Gasteiger partial charge in [-0.3, -0.25) is 9.89 Å². The maximum absolute atomic E-state index is 13.6. The van der Waals surface area contributed by atoms with Gasteiger partial charge in [-0.2, -0.15) is 15.3 Å². The van der Waals surface area contributed by atoms with Crippen LogP contribution in [-0.2, 0) is 0 Å². The molecule has 1 amide bonds. The minimum atomic E-state index is -0.969. The van der Waals surface area contributed by atoms with Gasteiger partial charge in [-0.15, -0.1) is 0 Å². The lowest BCUT2D eigenvalue weighted by atomic mass is 9.94. The van der Waals surface area contributed by atoms with Gasteiger partial charge in [0.05, 0.1) is 24.3 Å². The topological polar surface area (TPSA) is 95.0 Å².